The van der Waals surface area contributed by atoms with Gasteiger partial charge in [-0.1, -0.05) is 42.7 Å². The van der Waals surface area contributed by atoms with E-state index in [4.69, 9.17) is 16.1 Å². The van der Waals surface area contributed by atoms with Gasteiger partial charge in [-0.05, 0) is 56.7 Å². The topological polar surface area (TPSA) is 85.8 Å². The Hall–Kier alpha value is -3.45. The molecule has 2 aromatic carbocycles. The summed E-state index contributed by atoms with van der Waals surface area (Å²) in [7, 11) is 0. The summed E-state index contributed by atoms with van der Waals surface area (Å²) in [6.07, 6.45) is 0. The molecule has 164 valence electrons. The van der Waals surface area contributed by atoms with Crippen molar-refractivity contribution < 1.29 is 9.32 Å². The Balaban J connectivity index is 1.61. The molecule has 1 amide bonds. The predicted octanol–water partition coefficient (Wildman–Crippen LogP) is 5.88. The molecule has 0 aliphatic heterocycles. The zero-order chi connectivity index (χ0) is 23.0. The second kappa shape index (κ2) is 8.59. The summed E-state index contributed by atoms with van der Waals surface area (Å²) in [6, 6.07) is 12.9. The minimum Gasteiger partial charge on any atom is -0.334 e. The number of amides is 1. The molecule has 0 aliphatic carbocycles. The van der Waals surface area contributed by atoms with Gasteiger partial charge in [-0.3, -0.25) is 4.79 Å². The Morgan fingerprint density at radius 1 is 1.09 bits per heavy atom. The monoisotopic (exact) mass is 449 g/mol. The van der Waals surface area contributed by atoms with Gasteiger partial charge >= 0.3 is 0 Å². The number of halogens is 1. The molecular formula is C24H24ClN5O2. The predicted molar refractivity (Wildman–Crippen MR) is 125 cm³/mol. The van der Waals surface area contributed by atoms with Crippen LogP contribution in [0.3, 0.4) is 0 Å². The molecule has 4 rings (SSSR count). The van der Waals surface area contributed by atoms with Crippen LogP contribution in [-0.4, -0.2) is 25.8 Å². The standard InChI is InChI=1S/C24H24ClN5O2/c1-13(2)22-27-24(32-29-22)19-8-6-7-14(3)21(19)26-23(31)17-9-11-18(12-10-17)30-16(5)20(25)15(4)28-30/h6-13H,1-5H3,(H,26,31). The number of rotatable bonds is 5. The number of anilines is 1. The molecule has 0 saturated carbocycles. The van der Waals surface area contributed by atoms with Crippen LogP contribution in [0.5, 0.6) is 0 Å². The fraction of sp³-hybridized carbons (Fsp3) is 0.250. The lowest BCUT2D eigenvalue weighted by Crippen LogP contribution is -2.14. The van der Waals surface area contributed by atoms with Gasteiger partial charge in [0.15, 0.2) is 5.82 Å². The first-order valence-electron chi connectivity index (χ1n) is 10.3. The van der Waals surface area contributed by atoms with Crippen LogP contribution in [0.2, 0.25) is 5.02 Å². The van der Waals surface area contributed by atoms with Crippen molar-refractivity contribution in [2.45, 2.75) is 40.5 Å². The van der Waals surface area contributed by atoms with Crippen molar-refractivity contribution in [2.75, 3.05) is 5.32 Å². The Labute approximate surface area is 191 Å². The van der Waals surface area contributed by atoms with Crippen molar-refractivity contribution in [1.82, 2.24) is 19.9 Å². The molecule has 2 heterocycles. The van der Waals surface area contributed by atoms with Gasteiger partial charge in [-0.15, -0.1) is 0 Å². The third-order valence-electron chi connectivity index (χ3n) is 5.28. The molecule has 0 atom stereocenters. The zero-order valence-corrected chi connectivity index (χ0v) is 19.4. The van der Waals surface area contributed by atoms with Gasteiger partial charge in [-0.25, -0.2) is 4.68 Å². The van der Waals surface area contributed by atoms with Crippen LogP contribution < -0.4 is 5.32 Å². The number of para-hydroxylation sites is 1. The van der Waals surface area contributed by atoms with Gasteiger partial charge < -0.3 is 9.84 Å². The van der Waals surface area contributed by atoms with Crippen LogP contribution in [0.4, 0.5) is 5.69 Å². The summed E-state index contributed by atoms with van der Waals surface area (Å²) >= 11 is 6.25. The summed E-state index contributed by atoms with van der Waals surface area (Å²) in [5, 5.41) is 12.1. The second-order valence-corrected chi connectivity index (χ2v) is 8.39. The van der Waals surface area contributed by atoms with Gasteiger partial charge in [0.1, 0.15) is 0 Å². The SMILES string of the molecule is Cc1cccc(-c2nc(C(C)C)no2)c1NC(=O)c1ccc(-n2nc(C)c(Cl)c2C)cc1. The number of nitrogens with zero attached hydrogens (tertiary/aromatic N) is 4. The minimum absolute atomic E-state index is 0.144. The van der Waals surface area contributed by atoms with Gasteiger partial charge in [-0.2, -0.15) is 10.1 Å². The van der Waals surface area contributed by atoms with E-state index in [9.17, 15) is 4.79 Å². The second-order valence-electron chi connectivity index (χ2n) is 8.01. The number of nitrogens with one attached hydrogen (secondary N) is 1. The molecule has 7 nitrogen and oxygen atoms in total. The molecule has 0 aliphatic rings. The molecule has 0 radical (unpaired) electrons. The van der Waals surface area contributed by atoms with Gasteiger partial charge in [0, 0.05) is 11.5 Å². The zero-order valence-electron chi connectivity index (χ0n) is 18.6. The highest BCUT2D eigenvalue weighted by atomic mass is 35.5. The van der Waals surface area contributed by atoms with Crippen LogP contribution >= 0.6 is 11.6 Å². The van der Waals surface area contributed by atoms with Crippen molar-refractivity contribution >= 4 is 23.2 Å². The molecule has 1 N–H and O–H groups in total. The van der Waals surface area contributed by atoms with E-state index in [1.165, 1.54) is 0 Å². The van der Waals surface area contributed by atoms with Crippen LogP contribution in [0.1, 0.15) is 52.9 Å². The Morgan fingerprint density at radius 3 is 2.41 bits per heavy atom. The van der Waals surface area contributed by atoms with Crippen molar-refractivity contribution in [3.05, 3.63) is 75.8 Å². The number of benzene rings is 2. The summed E-state index contributed by atoms with van der Waals surface area (Å²) in [4.78, 5) is 17.5. The van der Waals surface area contributed by atoms with Crippen molar-refractivity contribution in [2.24, 2.45) is 0 Å². The summed E-state index contributed by atoms with van der Waals surface area (Å²) in [6.45, 7) is 9.69. The van der Waals surface area contributed by atoms with E-state index in [2.05, 4.69) is 20.6 Å². The van der Waals surface area contributed by atoms with E-state index >= 15 is 0 Å². The van der Waals surface area contributed by atoms with Gasteiger partial charge in [0.25, 0.3) is 11.8 Å². The number of hydrogen-bond donors (Lipinski definition) is 1. The van der Waals surface area contributed by atoms with E-state index in [-0.39, 0.29) is 11.8 Å². The maximum atomic E-state index is 13.0. The van der Waals surface area contributed by atoms with Crippen molar-refractivity contribution in [3.8, 4) is 17.1 Å². The summed E-state index contributed by atoms with van der Waals surface area (Å²) in [5.74, 6) is 0.913. The lowest BCUT2D eigenvalue weighted by Gasteiger charge is -2.12. The van der Waals surface area contributed by atoms with E-state index in [0.717, 1.165) is 22.6 Å². The van der Waals surface area contributed by atoms with E-state index in [0.29, 0.717) is 33.6 Å². The fourth-order valence-corrected chi connectivity index (χ4v) is 3.52. The molecular weight excluding hydrogens is 426 g/mol. The quantitative estimate of drug-likeness (QED) is 0.411. The van der Waals surface area contributed by atoms with Crippen molar-refractivity contribution in [3.63, 3.8) is 0 Å². The number of aromatic nitrogens is 4. The Morgan fingerprint density at radius 2 is 1.81 bits per heavy atom. The lowest BCUT2D eigenvalue weighted by molar-refractivity contribution is 0.102. The van der Waals surface area contributed by atoms with Crippen LogP contribution in [0.15, 0.2) is 47.0 Å². The number of carbonyl (C=O) groups excluding carboxylic acids is 1. The average Bonchev–Trinajstić information content (AvgIpc) is 3.37. The molecule has 8 heteroatoms. The maximum Gasteiger partial charge on any atom is 0.260 e. The highest BCUT2D eigenvalue weighted by molar-refractivity contribution is 6.31. The molecule has 4 aromatic rings. The third-order valence-corrected chi connectivity index (χ3v) is 5.82. The van der Waals surface area contributed by atoms with Crippen LogP contribution in [0.25, 0.3) is 17.1 Å². The van der Waals surface area contributed by atoms with Gasteiger partial charge in [0.2, 0.25) is 0 Å². The van der Waals surface area contributed by atoms with Crippen molar-refractivity contribution in [1.29, 1.82) is 0 Å². The van der Waals surface area contributed by atoms with E-state index in [1.807, 2.05) is 65.0 Å². The van der Waals surface area contributed by atoms with Gasteiger partial charge in [0.05, 0.1) is 33.3 Å². The number of hydrogen-bond acceptors (Lipinski definition) is 5. The molecule has 0 fully saturated rings. The maximum absolute atomic E-state index is 13.0. The fourth-order valence-electron chi connectivity index (χ4n) is 3.41. The Bertz CT molecular complexity index is 1290. The highest BCUT2D eigenvalue weighted by Crippen LogP contribution is 2.31. The normalized spacial score (nSPS) is 11.2. The third kappa shape index (κ3) is 4.03. The molecule has 2 aromatic heterocycles. The average molecular weight is 450 g/mol. The smallest absolute Gasteiger partial charge is 0.260 e. The molecule has 0 saturated heterocycles. The molecule has 0 bridgehead atoms. The Kier molecular flexibility index (Phi) is 5.84. The number of aryl methyl sites for hydroxylation is 2. The first-order valence-corrected chi connectivity index (χ1v) is 10.7. The first-order chi connectivity index (χ1) is 15.3. The molecule has 32 heavy (non-hydrogen) atoms. The first kappa shape index (κ1) is 21.8. The van der Waals surface area contributed by atoms with Crippen LogP contribution in [-0.2, 0) is 0 Å². The van der Waals surface area contributed by atoms with Crippen LogP contribution in [0, 0.1) is 20.8 Å². The number of carbonyl (C=O) groups is 1. The summed E-state index contributed by atoms with van der Waals surface area (Å²) in [5.41, 5.74) is 5.19. The summed E-state index contributed by atoms with van der Waals surface area (Å²) < 4.78 is 7.21. The highest BCUT2D eigenvalue weighted by Gasteiger charge is 2.18. The van der Waals surface area contributed by atoms with E-state index in [1.54, 1.807) is 16.8 Å². The van der Waals surface area contributed by atoms with E-state index < -0.39 is 0 Å². The molecule has 0 spiro atoms. The largest absolute Gasteiger partial charge is 0.334 e. The minimum atomic E-state index is -0.234. The molecule has 0 unspecified atom stereocenters. The lowest BCUT2D eigenvalue weighted by atomic mass is 10.1.